The number of benzene rings is 1. The second-order valence-electron chi connectivity index (χ2n) is 8.90. The van der Waals surface area contributed by atoms with Gasteiger partial charge < -0.3 is 10.1 Å². The number of carbonyl (C=O) groups is 4. The van der Waals surface area contributed by atoms with Gasteiger partial charge in [-0.15, -0.1) is 0 Å². The van der Waals surface area contributed by atoms with Crippen LogP contribution in [0.2, 0.25) is 10.0 Å². The lowest BCUT2D eigenvalue weighted by atomic mass is 9.81. The van der Waals surface area contributed by atoms with E-state index in [2.05, 4.69) is 5.32 Å². The van der Waals surface area contributed by atoms with E-state index >= 15 is 0 Å². The standard InChI is InChI=1S/C22H24Cl2N2O5/c1-10(2)19(26-20(28)17-11-3-4-12(7-11)18(17)21(26)29)22(30)31-9-16(27)25-13-5-6-14(23)15(24)8-13/h5-6,8,10-12,17-19H,3-4,7,9H2,1-2H3,(H,25,27)/t11-,12-,17-,18+,19+/m0/s1. The number of imide groups is 1. The van der Waals surface area contributed by atoms with Gasteiger partial charge in [0.1, 0.15) is 6.04 Å². The minimum Gasteiger partial charge on any atom is -0.454 e. The maximum Gasteiger partial charge on any atom is 0.330 e. The van der Waals surface area contributed by atoms with Crippen molar-refractivity contribution in [3.8, 4) is 0 Å². The maximum atomic E-state index is 13.1. The number of likely N-dealkylation sites (tertiary alicyclic amines) is 1. The number of hydrogen-bond acceptors (Lipinski definition) is 5. The molecule has 3 fully saturated rings. The summed E-state index contributed by atoms with van der Waals surface area (Å²) in [6.45, 7) is 2.96. The molecule has 5 atom stereocenters. The molecule has 3 aliphatic rings. The van der Waals surface area contributed by atoms with Crippen molar-refractivity contribution in [1.29, 1.82) is 0 Å². The molecule has 1 aliphatic heterocycles. The van der Waals surface area contributed by atoms with Crippen molar-refractivity contribution in [3.63, 3.8) is 0 Å². The van der Waals surface area contributed by atoms with Gasteiger partial charge in [0.05, 0.1) is 21.9 Å². The summed E-state index contributed by atoms with van der Waals surface area (Å²) < 4.78 is 5.20. The Labute approximate surface area is 190 Å². The van der Waals surface area contributed by atoms with Gasteiger partial charge in [0.2, 0.25) is 11.8 Å². The predicted molar refractivity (Wildman–Crippen MR) is 114 cm³/mol. The van der Waals surface area contributed by atoms with Gasteiger partial charge in [0.25, 0.3) is 5.91 Å². The van der Waals surface area contributed by atoms with Crippen LogP contribution < -0.4 is 5.32 Å². The molecular weight excluding hydrogens is 443 g/mol. The third kappa shape index (κ3) is 3.94. The summed E-state index contributed by atoms with van der Waals surface area (Å²) in [5, 5.41) is 3.20. The Bertz CT molecular complexity index is 922. The van der Waals surface area contributed by atoms with E-state index in [9.17, 15) is 19.2 Å². The summed E-state index contributed by atoms with van der Waals surface area (Å²) >= 11 is 11.8. The Morgan fingerprint density at radius 2 is 1.71 bits per heavy atom. The fourth-order valence-electron chi connectivity index (χ4n) is 5.37. The highest BCUT2D eigenvalue weighted by Gasteiger charge is 2.62. The lowest BCUT2D eigenvalue weighted by molar-refractivity contribution is -0.162. The quantitative estimate of drug-likeness (QED) is 0.511. The summed E-state index contributed by atoms with van der Waals surface area (Å²) in [6.07, 6.45) is 2.85. The molecule has 0 spiro atoms. The lowest BCUT2D eigenvalue weighted by Crippen LogP contribution is -2.50. The Morgan fingerprint density at radius 3 is 2.26 bits per heavy atom. The van der Waals surface area contributed by atoms with Crippen LogP contribution in [0.15, 0.2) is 18.2 Å². The van der Waals surface area contributed by atoms with Gasteiger partial charge in [-0.25, -0.2) is 4.79 Å². The number of carbonyl (C=O) groups excluding carboxylic acids is 4. The molecule has 1 heterocycles. The summed E-state index contributed by atoms with van der Waals surface area (Å²) in [4.78, 5) is 52.3. The SMILES string of the molecule is CC(C)[C@H](C(=O)OCC(=O)Nc1ccc(Cl)c(Cl)c1)N1C(=O)[C@@H]2[C@H]3CC[C@@H](C3)[C@@H]2C1=O. The Kier molecular flexibility index (Phi) is 6.01. The Hall–Kier alpha value is -2.12. The van der Waals surface area contributed by atoms with Gasteiger partial charge in [-0.05, 0) is 55.2 Å². The van der Waals surface area contributed by atoms with Crippen LogP contribution in [0, 0.1) is 29.6 Å². The topological polar surface area (TPSA) is 92.8 Å². The minimum absolute atomic E-state index is 0.234. The third-order valence-electron chi connectivity index (χ3n) is 6.66. The van der Waals surface area contributed by atoms with Crippen LogP contribution in [0.4, 0.5) is 5.69 Å². The normalized spacial score (nSPS) is 27.6. The van der Waals surface area contributed by atoms with Gasteiger partial charge in [0, 0.05) is 5.69 Å². The second kappa shape index (κ2) is 8.43. The molecule has 0 aromatic heterocycles. The molecule has 2 saturated carbocycles. The van der Waals surface area contributed by atoms with E-state index in [1.165, 1.54) is 12.1 Å². The number of ether oxygens (including phenoxy) is 1. The number of fused-ring (bicyclic) bond motifs is 5. The first-order valence-electron chi connectivity index (χ1n) is 10.5. The lowest BCUT2D eigenvalue weighted by Gasteiger charge is -2.28. The molecule has 1 saturated heterocycles. The number of halogens is 2. The van der Waals surface area contributed by atoms with Crippen molar-refractivity contribution in [2.24, 2.45) is 29.6 Å². The van der Waals surface area contributed by atoms with Crippen molar-refractivity contribution in [2.75, 3.05) is 11.9 Å². The van der Waals surface area contributed by atoms with Crippen LogP contribution in [0.3, 0.4) is 0 Å². The van der Waals surface area contributed by atoms with Crippen LogP contribution in [0.1, 0.15) is 33.1 Å². The zero-order chi connectivity index (χ0) is 22.4. The average Bonchev–Trinajstić information content (AvgIpc) is 3.39. The minimum atomic E-state index is -1.04. The van der Waals surface area contributed by atoms with E-state index in [4.69, 9.17) is 27.9 Å². The van der Waals surface area contributed by atoms with Crippen molar-refractivity contribution >= 4 is 52.6 Å². The Morgan fingerprint density at radius 1 is 1.10 bits per heavy atom. The second-order valence-corrected chi connectivity index (χ2v) is 9.72. The number of rotatable bonds is 6. The van der Waals surface area contributed by atoms with E-state index in [1.807, 2.05) is 0 Å². The fourth-order valence-corrected chi connectivity index (χ4v) is 5.67. The molecular formula is C22H24Cl2N2O5. The van der Waals surface area contributed by atoms with Gasteiger partial charge in [0.15, 0.2) is 6.61 Å². The first-order valence-corrected chi connectivity index (χ1v) is 11.2. The molecule has 3 amide bonds. The van der Waals surface area contributed by atoms with Crippen LogP contribution in [0.25, 0.3) is 0 Å². The highest BCUT2D eigenvalue weighted by molar-refractivity contribution is 6.42. The van der Waals surface area contributed by atoms with E-state index < -0.39 is 24.5 Å². The van der Waals surface area contributed by atoms with E-state index in [-0.39, 0.29) is 46.4 Å². The number of amides is 3. The molecule has 0 unspecified atom stereocenters. The van der Waals surface area contributed by atoms with E-state index in [0.717, 1.165) is 24.2 Å². The van der Waals surface area contributed by atoms with Crippen molar-refractivity contribution < 1.29 is 23.9 Å². The van der Waals surface area contributed by atoms with Crippen molar-refractivity contribution in [3.05, 3.63) is 28.2 Å². The predicted octanol–water partition coefficient (Wildman–Crippen LogP) is 3.53. The van der Waals surface area contributed by atoms with E-state index in [0.29, 0.717) is 10.7 Å². The number of nitrogens with one attached hydrogen (secondary N) is 1. The zero-order valence-corrected chi connectivity index (χ0v) is 18.8. The van der Waals surface area contributed by atoms with Crippen LogP contribution >= 0.6 is 23.2 Å². The number of hydrogen-bond donors (Lipinski definition) is 1. The summed E-state index contributed by atoms with van der Waals surface area (Å²) in [7, 11) is 0. The number of esters is 1. The first kappa shape index (κ1) is 22.1. The molecule has 1 N–H and O–H groups in total. The molecule has 2 bridgehead atoms. The smallest absolute Gasteiger partial charge is 0.330 e. The summed E-state index contributed by atoms with van der Waals surface area (Å²) in [5.74, 6) is -2.34. The molecule has 7 nitrogen and oxygen atoms in total. The van der Waals surface area contributed by atoms with Crippen LogP contribution in [-0.4, -0.2) is 41.2 Å². The number of nitrogens with zero attached hydrogens (tertiary/aromatic N) is 1. The largest absolute Gasteiger partial charge is 0.454 e. The van der Waals surface area contributed by atoms with Crippen molar-refractivity contribution in [1.82, 2.24) is 4.90 Å². The number of anilines is 1. The molecule has 1 aromatic rings. The monoisotopic (exact) mass is 466 g/mol. The molecule has 0 radical (unpaired) electrons. The third-order valence-corrected chi connectivity index (χ3v) is 7.40. The molecule has 4 rings (SSSR count). The summed E-state index contributed by atoms with van der Waals surface area (Å²) in [5.41, 5.74) is 0.407. The highest BCUT2D eigenvalue weighted by Crippen LogP contribution is 2.56. The van der Waals surface area contributed by atoms with Gasteiger partial charge >= 0.3 is 5.97 Å². The zero-order valence-electron chi connectivity index (χ0n) is 17.3. The molecule has 1 aromatic carbocycles. The molecule has 166 valence electrons. The van der Waals surface area contributed by atoms with E-state index in [1.54, 1.807) is 19.9 Å². The summed E-state index contributed by atoms with van der Waals surface area (Å²) in [6, 6.07) is 3.55. The first-order chi connectivity index (χ1) is 14.7. The molecule has 9 heteroatoms. The van der Waals surface area contributed by atoms with Gasteiger partial charge in [-0.3, -0.25) is 19.3 Å². The van der Waals surface area contributed by atoms with Crippen LogP contribution in [0.5, 0.6) is 0 Å². The Balaban J connectivity index is 1.41. The average molecular weight is 467 g/mol. The molecule has 31 heavy (non-hydrogen) atoms. The highest BCUT2D eigenvalue weighted by atomic mass is 35.5. The van der Waals surface area contributed by atoms with Crippen molar-refractivity contribution in [2.45, 2.75) is 39.2 Å². The van der Waals surface area contributed by atoms with Crippen LogP contribution in [-0.2, 0) is 23.9 Å². The molecule has 2 aliphatic carbocycles. The maximum absolute atomic E-state index is 13.1. The van der Waals surface area contributed by atoms with Gasteiger partial charge in [-0.2, -0.15) is 0 Å². The fraction of sp³-hybridized carbons (Fsp3) is 0.545. The van der Waals surface area contributed by atoms with Gasteiger partial charge in [-0.1, -0.05) is 37.0 Å².